The van der Waals surface area contributed by atoms with E-state index < -0.39 is 0 Å². The largest absolute Gasteiger partial charge is 0.271 e. The van der Waals surface area contributed by atoms with Gasteiger partial charge in [-0.05, 0) is 42.6 Å². The molecule has 0 saturated heterocycles. The van der Waals surface area contributed by atoms with Gasteiger partial charge in [0.15, 0.2) is 0 Å². The highest BCUT2D eigenvalue weighted by Crippen LogP contribution is 2.38. The number of hydrogen-bond donors (Lipinski definition) is 2. The van der Waals surface area contributed by atoms with Gasteiger partial charge in [0.1, 0.15) is 0 Å². The Bertz CT molecular complexity index is 366. The zero-order valence-electron chi connectivity index (χ0n) is 11.4. The summed E-state index contributed by atoms with van der Waals surface area (Å²) in [5, 5.41) is 4.26. The lowest BCUT2D eigenvalue weighted by Crippen LogP contribution is -2.35. The van der Waals surface area contributed by atoms with Crippen molar-refractivity contribution in [3.8, 4) is 0 Å². The SMILES string of the molecule is CCCc1nnsc1C(NN)C1CCCC(C)C1. The molecule has 4 nitrogen and oxygen atoms in total. The highest BCUT2D eigenvalue weighted by molar-refractivity contribution is 7.05. The number of nitrogens with zero attached hydrogens (tertiary/aromatic N) is 2. The quantitative estimate of drug-likeness (QED) is 0.636. The maximum Gasteiger partial charge on any atom is 0.0804 e. The van der Waals surface area contributed by atoms with Gasteiger partial charge in [0, 0.05) is 0 Å². The molecule has 2 rings (SSSR count). The van der Waals surface area contributed by atoms with Crippen LogP contribution in [0.3, 0.4) is 0 Å². The molecule has 1 aliphatic rings. The molecule has 1 heterocycles. The lowest BCUT2D eigenvalue weighted by molar-refractivity contribution is 0.226. The summed E-state index contributed by atoms with van der Waals surface area (Å²) < 4.78 is 4.12. The second-order valence-electron chi connectivity index (χ2n) is 5.51. The number of nitrogens with two attached hydrogens (primary N) is 1. The summed E-state index contributed by atoms with van der Waals surface area (Å²) in [5.41, 5.74) is 4.17. The first-order valence-electron chi connectivity index (χ1n) is 7.03. The summed E-state index contributed by atoms with van der Waals surface area (Å²) in [4.78, 5) is 1.26. The summed E-state index contributed by atoms with van der Waals surface area (Å²) in [6, 6.07) is 0.245. The molecule has 1 aromatic rings. The summed E-state index contributed by atoms with van der Waals surface area (Å²) in [7, 11) is 0. The average Bonchev–Trinajstić information content (AvgIpc) is 2.79. The van der Waals surface area contributed by atoms with Crippen LogP contribution in [-0.2, 0) is 6.42 Å². The lowest BCUT2D eigenvalue weighted by atomic mass is 9.78. The van der Waals surface area contributed by atoms with Crippen molar-refractivity contribution in [2.75, 3.05) is 0 Å². The molecule has 0 spiro atoms. The van der Waals surface area contributed by atoms with Gasteiger partial charge in [-0.3, -0.25) is 11.3 Å². The Labute approximate surface area is 113 Å². The Morgan fingerprint density at radius 1 is 1.50 bits per heavy atom. The van der Waals surface area contributed by atoms with Crippen LogP contribution in [0.4, 0.5) is 0 Å². The van der Waals surface area contributed by atoms with Gasteiger partial charge in [-0.2, -0.15) is 0 Å². The zero-order valence-corrected chi connectivity index (χ0v) is 12.2. The standard InChI is InChI=1S/C13H24N4S/c1-3-5-11-13(18-17-16-11)12(15-14)10-7-4-6-9(2)8-10/h9-10,12,15H,3-8,14H2,1-2H3. The molecule has 0 aliphatic heterocycles. The number of aryl methyl sites for hydroxylation is 1. The van der Waals surface area contributed by atoms with E-state index in [1.165, 1.54) is 42.1 Å². The number of hydrogen-bond acceptors (Lipinski definition) is 5. The van der Waals surface area contributed by atoms with Gasteiger partial charge in [0.25, 0.3) is 0 Å². The van der Waals surface area contributed by atoms with Gasteiger partial charge in [-0.25, -0.2) is 0 Å². The molecule has 1 aromatic heterocycles. The molecule has 3 unspecified atom stereocenters. The van der Waals surface area contributed by atoms with E-state index in [4.69, 9.17) is 5.84 Å². The lowest BCUT2D eigenvalue weighted by Gasteiger charge is -2.32. The van der Waals surface area contributed by atoms with E-state index in [-0.39, 0.29) is 6.04 Å². The number of hydrazine groups is 1. The molecule has 3 atom stereocenters. The smallest absolute Gasteiger partial charge is 0.0804 e. The van der Waals surface area contributed by atoms with Gasteiger partial charge in [0.2, 0.25) is 0 Å². The number of rotatable bonds is 5. The van der Waals surface area contributed by atoms with Crippen LogP contribution in [0.15, 0.2) is 0 Å². The van der Waals surface area contributed by atoms with Crippen LogP contribution < -0.4 is 11.3 Å². The van der Waals surface area contributed by atoms with Crippen molar-refractivity contribution in [1.82, 2.24) is 15.0 Å². The van der Waals surface area contributed by atoms with Crippen molar-refractivity contribution >= 4 is 11.5 Å². The summed E-state index contributed by atoms with van der Waals surface area (Å²) in [5.74, 6) is 7.26. The van der Waals surface area contributed by atoms with Crippen molar-refractivity contribution in [2.24, 2.45) is 17.7 Å². The van der Waals surface area contributed by atoms with Gasteiger partial charge >= 0.3 is 0 Å². The molecule has 0 aromatic carbocycles. The number of aromatic nitrogens is 2. The van der Waals surface area contributed by atoms with E-state index in [9.17, 15) is 0 Å². The van der Waals surface area contributed by atoms with Crippen molar-refractivity contribution in [3.63, 3.8) is 0 Å². The van der Waals surface area contributed by atoms with Gasteiger partial charge in [-0.1, -0.05) is 37.6 Å². The maximum atomic E-state index is 5.81. The fourth-order valence-corrected chi connectivity index (χ4v) is 3.92. The second-order valence-corrected chi connectivity index (χ2v) is 6.30. The molecule has 5 heteroatoms. The second kappa shape index (κ2) is 6.59. The van der Waals surface area contributed by atoms with Crippen LogP contribution in [0.25, 0.3) is 0 Å². The highest BCUT2D eigenvalue weighted by Gasteiger charge is 2.30. The van der Waals surface area contributed by atoms with Crippen LogP contribution in [0.2, 0.25) is 0 Å². The molecule has 0 bridgehead atoms. The monoisotopic (exact) mass is 268 g/mol. The predicted octanol–water partition coefficient (Wildman–Crippen LogP) is 2.82. The van der Waals surface area contributed by atoms with Gasteiger partial charge in [0.05, 0.1) is 16.6 Å². The van der Waals surface area contributed by atoms with Crippen molar-refractivity contribution in [2.45, 2.75) is 58.4 Å². The maximum absolute atomic E-state index is 5.81. The third kappa shape index (κ3) is 3.08. The molecule has 18 heavy (non-hydrogen) atoms. The third-order valence-corrected chi connectivity index (χ3v) is 4.83. The minimum Gasteiger partial charge on any atom is -0.271 e. The Morgan fingerprint density at radius 2 is 2.33 bits per heavy atom. The minimum atomic E-state index is 0.245. The molecule has 0 radical (unpaired) electrons. The van der Waals surface area contributed by atoms with Crippen LogP contribution >= 0.6 is 11.5 Å². The Balaban J connectivity index is 2.13. The molecule has 3 N–H and O–H groups in total. The van der Waals surface area contributed by atoms with Gasteiger partial charge in [-0.15, -0.1) is 5.10 Å². The normalized spacial score (nSPS) is 26.2. The predicted molar refractivity (Wildman–Crippen MR) is 75.1 cm³/mol. The van der Waals surface area contributed by atoms with Crippen molar-refractivity contribution in [3.05, 3.63) is 10.6 Å². The molecule has 1 aliphatic carbocycles. The van der Waals surface area contributed by atoms with Gasteiger partial charge < -0.3 is 0 Å². The summed E-state index contributed by atoms with van der Waals surface area (Å²) >= 11 is 1.51. The van der Waals surface area contributed by atoms with Crippen LogP contribution in [0.5, 0.6) is 0 Å². The Hall–Kier alpha value is -0.520. The first kappa shape index (κ1) is 13.9. The first-order valence-corrected chi connectivity index (χ1v) is 7.80. The third-order valence-electron chi connectivity index (χ3n) is 3.98. The van der Waals surface area contributed by atoms with E-state index in [1.807, 2.05) is 0 Å². The first-order chi connectivity index (χ1) is 8.76. The van der Waals surface area contributed by atoms with E-state index in [0.717, 1.165) is 24.5 Å². The molecular weight excluding hydrogens is 244 g/mol. The van der Waals surface area contributed by atoms with Crippen LogP contribution in [-0.4, -0.2) is 9.59 Å². The zero-order chi connectivity index (χ0) is 13.0. The average molecular weight is 268 g/mol. The fraction of sp³-hybridized carbons (Fsp3) is 0.846. The van der Waals surface area contributed by atoms with Crippen LogP contribution in [0.1, 0.15) is 62.6 Å². The van der Waals surface area contributed by atoms with E-state index >= 15 is 0 Å². The molecule has 102 valence electrons. The molecule has 1 saturated carbocycles. The summed E-state index contributed by atoms with van der Waals surface area (Å²) in [6.07, 6.45) is 7.32. The highest BCUT2D eigenvalue weighted by atomic mass is 32.1. The van der Waals surface area contributed by atoms with E-state index in [0.29, 0.717) is 5.92 Å². The molecule has 1 fully saturated rings. The fourth-order valence-electron chi connectivity index (χ4n) is 3.07. The van der Waals surface area contributed by atoms with E-state index in [1.54, 1.807) is 0 Å². The van der Waals surface area contributed by atoms with E-state index in [2.05, 4.69) is 28.9 Å². The number of nitrogens with one attached hydrogen (secondary N) is 1. The molecular formula is C13H24N4S. The molecule has 0 amide bonds. The minimum absolute atomic E-state index is 0.245. The summed E-state index contributed by atoms with van der Waals surface area (Å²) in [6.45, 7) is 4.52. The Kier molecular flexibility index (Phi) is 5.09. The van der Waals surface area contributed by atoms with Crippen molar-refractivity contribution < 1.29 is 0 Å². The topological polar surface area (TPSA) is 63.8 Å². The Morgan fingerprint density at radius 3 is 3.00 bits per heavy atom. The van der Waals surface area contributed by atoms with Crippen LogP contribution in [0, 0.1) is 11.8 Å². The van der Waals surface area contributed by atoms with Crippen molar-refractivity contribution in [1.29, 1.82) is 0 Å².